The zero-order chi connectivity index (χ0) is 23.2. The van der Waals surface area contributed by atoms with Crippen LogP contribution in [-0.4, -0.2) is 46.6 Å². The topological polar surface area (TPSA) is 78.8 Å². The second-order valence-corrected chi connectivity index (χ2v) is 8.03. The molecule has 3 N–H and O–H groups in total. The minimum absolute atomic E-state index is 0.0245. The van der Waals surface area contributed by atoms with Gasteiger partial charge in [0.25, 0.3) is 0 Å². The van der Waals surface area contributed by atoms with Gasteiger partial charge < -0.3 is 20.3 Å². The predicted octanol–water partition coefficient (Wildman–Crippen LogP) is 4.00. The molecule has 2 heterocycles. The van der Waals surface area contributed by atoms with E-state index in [1.807, 2.05) is 86.8 Å². The van der Waals surface area contributed by atoms with Crippen molar-refractivity contribution in [2.24, 2.45) is 0 Å². The highest BCUT2D eigenvalue weighted by atomic mass is 16.5. The van der Waals surface area contributed by atoms with Gasteiger partial charge in [-0.2, -0.15) is 0 Å². The second kappa shape index (κ2) is 14.4. The van der Waals surface area contributed by atoms with E-state index in [1.165, 1.54) is 6.08 Å². The maximum Gasteiger partial charge on any atom is 0.244 e. The average Bonchev–Trinajstić information content (AvgIpc) is 2.75. The Hall–Kier alpha value is -2.73. The van der Waals surface area contributed by atoms with E-state index in [0.717, 1.165) is 12.0 Å². The first kappa shape index (κ1) is 25.5. The number of aliphatic hydroxyl groups excluding tert-OH is 2. The molecule has 0 spiro atoms. The van der Waals surface area contributed by atoms with Crippen molar-refractivity contribution in [3.8, 4) is 0 Å². The predicted molar refractivity (Wildman–Crippen MR) is 130 cm³/mol. The number of amides is 1. The van der Waals surface area contributed by atoms with Gasteiger partial charge in [0.1, 0.15) is 6.10 Å². The molecule has 2 bridgehead atoms. The Balaban J connectivity index is 2.11. The number of nitrogens with one attached hydrogen (secondary N) is 1. The number of hydrogen-bond donors (Lipinski definition) is 3. The summed E-state index contributed by atoms with van der Waals surface area (Å²) in [6.45, 7) is 3.98. The Morgan fingerprint density at radius 1 is 0.906 bits per heavy atom. The van der Waals surface area contributed by atoms with E-state index < -0.39 is 18.3 Å². The molecule has 0 aliphatic carbocycles. The van der Waals surface area contributed by atoms with Crippen LogP contribution in [0.3, 0.4) is 0 Å². The van der Waals surface area contributed by atoms with E-state index in [9.17, 15) is 15.0 Å². The lowest BCUT2D eigenvalue weighted by Gasteiger charge is -2.35. The average molecular weight is 438 g/mol. The van der Waals surface area contributed by atoms with Gasteiger partial charge in [0.15, 0.2) is 0 Å². The van der Waals surface area contributed by atoms with Gasteiger partial charge in [-0.25, -0.2) is 0 Å². The van der Waals surface area contributed by atoms with Crippen molar-refractivity contribution in [1.82, 2.24) is 5.32 Å². The first-order valence-corrected chi connectivity index (χ1v) is 11.1. The van der Waals surface area contributed by atoms with Crippen LogP contribution < -0.4 is 5.32 Å². The summed E-state index contributed by atoms with van der Waals surface area (Å²) < 4.78 is 5.94. The zero-order valence-electron chi connectivity index (χ0n) is 18.9. The van der Waals surface area contributed by atoms with Crippen molar-refractivity contribution in [3.63, 3.8) is 0 Å². The summed E-state index contributed by atoms with van der Waals surface area (Å²) in [5.41, 5.74) is 1.10. The largest absolute Gasteiger partial charge is 0.390 e. The molecule has 1 fully saturated rings. The molecule has 1 amide bonds. The first-order valence-electron chi connectivity index (χ1n) is 11.1. The standard InChI is InChI=1S/C27H35NO4/c1-21-14-8-5-3-4-6-9-16-22(2)28-26(30)19-11-7-10-18-25-27(31)24(29)20-23(32-25)17-13-12-15-21/h3-15,17,19,22-25,27,29,31H,16,18,20H2,1-2H3,(H,28,30)/b4-3-,8-5-,9-6-,10-7-,15-12-,17-13-,19-11-,21-14+/t22-,23+,24-,25-,27+/m1/s1. The maximum atomic E-state index is 12.0. The molecule has 2 aliphatic rings. The molecule has 0 aromatic heterocycles. The second-order valence-electron chi connectivity index (χ2n) is 8.03. The summed E-state index contributed by atoms with van der Waals surface area (Å²) in [6.07, 6.45) is 27.3. The fourth-order valence-electron chi connectivity index (χ4n) is 3.30. The SMILES string of the molecule is CC1=C\C=C/C=C\C=C/C[C@@H](C)NC(=O)/C=C\C=C/C[C@H]2O[C@@H](\C=C/C=C\1)C[C@@H](O)[C@@H]2O. The molecule has 172 valence electrons. The monoisotopic (exact) mass is 437 g/mol. The van der Waals surface area contributed by atoms with Gasteiger partial charge >= 0.3 is 0 Å². The number of aliphatic hydroxyl groups is 2. The van der Waals surface area contributed by atoms with Gasteiger partial charge in [-0.05, 0) is 26.7 Å². The highest BCUT2D eigenvalue weighted by Crippen LogP contribution is 2.23. The van der Waals surface area contributed by atoms with Crippen LogP contribution in [0.4, 0.5) is 0 Å². The van der Waals surface area contributed by atoms with Crippen molar-refractivity contribution in [2.75, 3.05) is 0 Å². The number of carbonyl (C=O) groups excluding carboxylic acids is 1. The van der Waals surface area contributed by atoms with Gasteiger partial charge in [-0.1, -0.05) is 90.6 Å². The van der Waals surface area contributed by atoms with Gasteiger partial charge in [0.05, 0.1) is 18.3 Å². The summed E-state index contributed by atoms with van der Waals surface area (Å²) in [5, 5.41) is 23.4. The molecule has 5 heteroatoms. The Labute approximate surface area is 191 Å². The molecule has 2 aliphatic heterocycles. The van der Waals surface area contributed by atoms with Crippen LogP contribution in [0, 0.1) is 0 Å². The molecule has 0 aromatic carbocycles. The van der Waals surface area contributed by atoms with Crippen LogP contribution in [0.2, 0.25) is 0 Å². The number of carbonyl (C=O) groups is 1. The van der Waals surface area contributed by atoms with E-state index >= 15 is 0 Å². The van der Waals surface area contributed by atoms with Crippen LogP contribution >= 0.6 is 0 Å². The summed E-state index contributed by atoms with van der Waals surface area (Å²) >= 11 is 0. The van der Waals surface area contributed by atoms with E-state index in [2.05, 4.69) is 5.32 Å². The fraction of sp³-hybridized carbons (Fsp3) is 0.370. The lowest BCUT2D eigenvalue weighted by molar-refractivity contribution is -0.154. The van der Waals surface area contributed by atoms with E-state index in [0.29, 0.717) is 12.8 Å². The molecule has 0 aromatic rings. The van der Waals surface area contributed by atoms with Crippen molar-refractivity contribution in [3.05, 3.63) is 96.7 Å². The number of rotatable bonds is 0. The lowest BCUT2D eigenvalue weighted by Crippen LogP contribution is -2.47. The van der Waals surface area contributed by atoms with Crippen LogP contribution in [-0.2, 0) is 9.53 Å². The molecule has 0 saturated carbocycles. The normalized spacial score (nSPS) is 39.2. The first-order chi connectivity index (χ1) is 15.5. The molecule has 5 nitrogen and oxygen atoms in total. The smallest absolute Gasteiger partial charge is 0.244 e. The van der Waals surface area contributed by atoms with Crippen LogP contribution in [0.15, 0.2) is 96.7 Å². The molecular weight excluding hydrogens is 402 g/mol. The molecule has 1 saturated heterocycles. The number of allylic oxidation sites excluding steroid dienone is 12. The fourth-order valence-corrected chi connectivity index (χ4v) is 3.30. The van der Waals surface area contributed by atoms with Gasteiger partial charge in [0.2, 0.25) is 5.91 Å². The molecule has 0 unspecified atom stereocenters. The number of hydrogen-bond acceptors (Lipinski definition) is 4. The summed E-state index contributed by atoms with van der Waals surface area (Å²) in [4.78, 5) is 12.0. The minimum Gasteiger partial charge on any atom is -0.390 e. The molecule has 0 radical (unpaired) electrons. The third-order valence-electron chi connectivity index (χ3n) is 5.08. The summed E-state index contributed by atoms with van der Waals surface area (Å²) in [7, 11) is 0. The number of fused-ring (bicyclic) bond motifs is 2. The Bertz CT molecular complexity index is 829. The summed E-state index contributed by atoms with van der Waals surface area (Å²) in [6, 6.07) is 0.0245. The third-order valence-corrected chi connectivity index (χ3v) is 5.08. The van der Waals surface area contributed by atoms with Crippen LogP contribution in [0.1, 0.15) is 33.1 Å². The van der Waals surface area contributed by atoms with E-state index in [4.69, 9.17) is 4.74 Å². The number of ether oxygens (including phenoxy) is 1. The Morgan fingerprint density at radius 3 is 2.44 bits per heavy atom. The maximum absolute atomic E-state index is 12.0. The Kier molecular flexibility index (Phi) is 11.5. The van der Waals surface area contributed by atoms with Gasteiger partial charge in [-0.3, -0.25) is 4.79 Å². The molecule has 2 rings (SSSR count). The highest BCUT2D eigenvalue weighted by molar-refractivity contribution is 5.87. The molecule has 5 atom stereocenters. The van der Waals surface area contributed by atoms with Crippen molar-refractivity contribution in [1.29, 1.82) is 0 Å². The Morgan fingerprint density at radius 2 is 1.59 bits per heavy atom. The third kappa shape index (κ3) is 10.1. The van der Waals surface area contributed by atoms with Gasteiger partial charge in [0, 0.05) is 18.5 Å². The minimum atomic E-state index is -0.939. The van der Waals surface area contributed by atoms with Gasteiger partial charge in [-0.15, -0.1) is 0 Å². The van der Waals surface area contributed by atoms with Crippen molar-refractivity contribution >= 4 is 5.91 Å². The summed E-state index contributed by atoms with van der Waals surface area (Å²) in [5.74, 6) is -0.159. The van der Waals surface area contributed by atoms with Crippen LogP contribution in [0.5, 0.6) is 0 Å². The van der Waals surface area contributed by atoms with E-state index in [1.54, 1.807) is 12.2 Å². The molecular formula is C27H35NO4. The highest BCUT2D eigenvalue weighted by Gasteiger charge is 2.34. The van der Waals surface area contributed by atoms with Crippen molar-refractivity contribution < 1.29 is 19.7 Å². The lowest BCUT2D eigenvalue weighted by atomic mass is 9.95. The van der Waals surface area contributed by atoms with Crippen molar-refractivity contribution in [2.45, 2.75) is 63.6 Å². The van der Waals surface area contributed by atoms with E-state index in [-0.39, 0.29) is 18.1 Å². The zero-order valence-corrected chi connectivity index (χ0v) is 18.9. The molecule has 32 heavy (non-hydrogen) atoms. The quantitative estimate of drug-likeness (QED) is 0.535. The van der Waals surface area contributed by atoms with Crippen LogP contribution in [0.25, 0.3) is 0 Å².